The number of fused-ring (bicyclic) bond motifs is 1. The molecule has 0 spiro atoms. The molecule has 1 atom stereocenters. The van der Waals surface area contributed by atoms with Crippen LogP contribution >= 0.6 is 0 Å². The molecule has 10 nitrogen and oxygen atoms in total. The van der Waals surface area contributed by atoms with Crippen molar-refractivity contribution < 1.29 is 45.5 Å². The molecule has 14 heteroatoms. The first kappa shape index (κ1) is 33.1. The summed E-state index contributed by atoms with van der Waals surface area (Å²) < 4.78 is 73.7. The van der Waals surface area contributed by atoms with Crippen molar-refractivity contribution in [1.82, 2.24) is 5.32 Å². The maximum Gasteiger partial charge on any atom is 0.422 e. The Hall–Kier alpha value is -3.07. The molecular formula is C26H36F3N3O7S. The molecule has 0 fully saturated rings. The lowest BCUT2D eigenvalue weighted by molar-refractivity contribution is -0.153. The van der Waals surface area contributed by atoms with Crippen molar-refractivity contribution in [2.24, 2.45) is 5.73 Å². The second kappa shape index (κ2) is 15.1. The summed E-state index contributed by atoms with van der Waals surface area (Å²) in [5.41, 5.74) is 9.12. The third-order valence-corrected chi connectivity index (χ3v) is 5.70. The Bertz CT molecular complexity index is 1220. The maximum atomic E-state index is 12.4. The first-order chi connectivity index (χ1) is 18.7. The molecule has 1 aliphatic heterocycles. The van der Waals surface area contributed by atoms with Gasteiger partial charge in [-0.3, -0.25) is 9.35 Å². The molecule has 0 unspecified atom stereocenters. The van der Waals surface area contributed by atoms with Crippen LogP contribution in [0.15, 0.2) is 36.4 Å². The Morgan fingerprint density at radius 3 is 2.40 bits per heavy atom. The molecule has 0 saturated carbocycles. The topological polar surface area (TPSA) is 151 Å². The molecule has 0 bridgehead atoms. The number of carbonyl (C=O) groups excluding carboxylic acids is 1. The third kappa shape index (κ3) is 12.0. The van der Waals surface area contributed by atoms with E-state index in [1.807, 2.05) is 13.0 Å². The molecule has 224 valence electrons. The van der Waals surface area contributed by atoms with Crippen LogP contribution in [0, 0.1) is 0 Å². The van der Waals surface area contributed by atoms with Gasteiger partial charge in [0.2, 0.25) is 0 Å². The minimum Gasteiger partial charge on any atom is -0.488 e. The number of para-hydroxylation sites is 2. The number of alkyl halides is 3. The Balaban J connectivity index is 0.00000103. The summed E-state index contributed by atoms with van der Waals surface area (Å²) >= 11 is 0. The van der Waals surface area contributed by atoms with E-state index < -0.39 is 28.8 Å². The Morgan fingerprint density at radius 2 is 1.82 bits per heavy atom. The summed E-state index contributed by atoms with van der Waals surface area (Å²) in [6.45, 7) is 2.89. The minimum atomic E-state index is -4.42. The number of anilines is 1. The Morgan fingerprint density at radius 1 is 1.20 bits per heavy atom. The number of carbonyl (C=O) groups is 1. The number of ether oxygens (including phenoxy) is 2. The molecule has 2 aromatic rings. The van der Waals surface area contributed by atoms with E-state index in [4.69, 9.17) is 24.9 Å². The highest BCUT2D eigenvalue weighted by atomic mass is 32.2. The van der Waals surface area contributed by atoms with Gasteiger partial charge >= 0.3 is 6.18 Å². The number of benzene rings is 2. The SMILES string of the molecule is CS(=O)(=O)O.C[C@H](Cc1cc2c(c(C(N)=O)c1)N(CCCO)CC2)NCCOc1ccccc1OCC(F)(F)F. The van der Waals surface area contributed by atoms with Crippen molar-refractivity contribution in [2.45, 2.75) is 38.4 Å². The summed E-state index contributed by atoms with van der Waals surface area (Å²) in [5, 5.41) is 12.5. The van der Waals surface area contributed by atoms with Gasteiger partial charge < -0.3 is 30.5 Å². The predicted octanol–water partition coefficient (Wildman–Crippen LogP) is 2.58. The molecule has 0 aliphatic carbocycles. The quantitative estimate of drug-likeness (QED) is 0.204. The molecule has 1 heterocycles. The summed E-state index contributed by atoms with van der Waals surface area (Å²) in [5.74, 6) is -0.177. The normalized spacial score (nSPS) is 13.7. The maximum absolute atomic E-state index is 12.4. The lowest BCUT2D eigenvalue weighted by Gasteiger charge is -2.22. The van der Waals surface area contributed by atoms with Crippen LogP contribution < -0.4 is 25.4 Å². The highest BCUT2D eigenvalue weighted by molar-refractivity contribution is 7.85. The van der Waals surface area contributed by atoms with Crippen LogP contribution in [0.5, 0.6) is 11.5 Å². The number of hydrogen-bond donors (Lipinski definition) is 4. The van der Waals surface area contributed by atoms with Gasteiger partial charge in [0, 0.05) is 32.3 Å². The number of rotatable bonds is 13. The second-order valence-electron chi connectivity index (χ2n) is 9.32. The van der Waals surface area contributed by atoms with Gasteiger partial charge in [-0.1, -0.05) is 18.2 Å². The van der Waals surface area contributed by atoms with Gasteiger partial charge in [0.05, 0.1) is 17.5 Å². The zero-order valence-corrected chi connectivity index (χ0v) is 23.2. The fraction of sp³-hybridized carbons (Fsp3) is 0.500. The first-order valence-corrected chi connectivity index (χ1v) is 14.4. The van der Waals surface area contributed by atoms with E-state index in [0.717, 1.165) is 29.8 Å². The van der Waals surface area contributed by atoms with Crippen LogP contribution in [0.2, 0.25) is 0 Å². The molecular weight excluding hydrogens is 555 g/mol. The molecule has 1 aliphatic rings. The van der Waals surface area contributed by atoms with Gasteiger partial charge in [0.25, 0.3) is 16.0 Å². The monoisotopic (exact) mass is 591 g/mol. The highest BCUT2D eigenvalue weighted by Crippen LogP contribution is 2.33. The minimum absolute atomic E-state index is 0.0445. The number of halogens is 3. The van der Waals surface area contributed by atoms with E-state index in [0.29, 0.717) is 37.8 Å². The summed E-state index contributed by atoms with van der Waals surface area (Å²) in [6, 6.07) is 10.2. The lowest BCUT2D eigenvalue weighted by Crippen LogP contribution is -2.32. The molecule has 0 aromatic heterocycles. The smallest absolute Gasteiger partial charge is 0.422 e. The zero-order valence-electron chi connectivity index (χ0n) is 22.4. The first-order valence-electron chi connectivity index (χ1n) is 12.6. The zero-order chi connectivity index (χ0) is 29.9. The average Bonchev–Trinajstić information content (AvgIpc) is 3.25. The number of nitrogens with zero attached hydrogens (tertiary/aromatic N) is 1. The van der Waals surface area contributed by atoms with Crippen molar-refractivity contribution >= 4 is 21.7 Å². The van der Waals surface area contributed by atoms with Crippen LogP contribution in [0.1, 0.15) is 34.8 Å². The van der Waals surface area contributed by atoms with E-state index in [1.165, 1.54) is 6.07 Å². The van der Waals surface area contributed by atoms with Gasteiger partial charge in [-0.25, -0.2) is 0 Å². The Kier molecular flexibility index (Phi) is 12.5. The van der Waals surface area contributed by atoms with E-state index in [-0.39, 0.29) is 30.8 Å². The fourth-order valence-electron chi connectivity index (χ4n) is 4.22. The fourth-order valence-corrected chi connectivity index (χ4v) is 4.22. The number of hydrogen-bond acceptors (Lipinski definition) is 8. The average molecular weight is 592 g/mol. The number of aliphatic hydroxyl groups is 1. The standard InChI is InChI=1S/C25H32F3N3O4.CH4O3S/c1-17(30-8-12-34-21-5-2-3-6-22(21)35-16-25(26,27)28)13-18-14-19-7-10-31(9-4-11-32)23(19)20(15-18)24(29)33;1-5(2,3)4/h2-3,5-6,14-15,17,30,32H,4,7-13,16H2,1H3,(H2,29,33);1H3,(H,2,3,4)/t17-;/m1./s1. The van der Waals surface area contributed by atoms with Crippen LogP contribution in [-0.2, 0) is 23.0 Å². The van der Waals surface area contributed by atoms with Gasteiger partial charge in [0.1, 0.15) is 6.61 Å². The van der Waals surface area contributed by atoms with Gasteiger partial charge in [0.15, 0.2) is 18.1 Å². The highest BCUT2D eigenvalue weighted by Gasteiger charge is 2.29. The van der Waals surface area contributed by atoms with Gasteiger partial charge in [-0.05, 0) is 55.5 Å². The summed E-state index contributed by atoms with van der Waals surface area (Å²) in [6.07, 6.45) is -1.60. The van der Waals surface area contributed by atoms with Crippen molar-refractivity contribution in [3.63, 3.8) is 0 Å². The van der Waals surface area contributed by atoms with E-state index in [9.17, 15) is 26.4 Å². The number of aliphatic hydroxyl groups excluding tert-OH is 1. The lowest BCUT2D eigenvalue weighted by atomic mass is 9.98. The number of nitrogens with one attached hydrogen (secondary N) is 1. The van der Waals surface area contributed by atoms with Crippen molar-refractivity contribution in [2.75, 3.05) is 50.6 Å². The van der Waals surface area contributed by atoms with Crippen LogP contribution in [0.25, 0.3) is 0 Å². The number of amides is 1. The van der Waals surface area contributed by atoms with Gasteiger partial charge in [-0.15, -0.1) is 0 Å². The van der Waals surface area contributed by atoms with Crippen LogP contribution in [-0.4, -0.2) is 81.9 Å². The van der Waals surface area contributed by atoms with Crippen molar-refractivity contribution in [1.29, 1.82) is 0 Å². The molecule has 1 amide bonds. The second-order valence-corrected chi connectivity index (χ2v) is 10.8. The number of primary amides is 1. The Labute approximate surface area is 232 Å². The molecule has 40 heavy (non-hydrogen) atoms. The van der Waals surface area contributed by atoms with Gasteiger partial charge in [-0.2, -0.15) is 21.6 Å². The summed E-state index contributed by atoms with van der Waals surface area (Å²) in [7, 11) is -3.67. The van der Waals surface area contributed by atoms with Crippen molar-refractivity contribution in [3.05, 3.63) is 53.1 Å². The summed E-state index contributed by atoms with van der Waals surface area (Å²) in [4.78, 5) is 14.2. The predicted molar refractivity (Wildman–Crippen MR) is 145 cm³/mol. The molecule has 0 radical (unpaired) electrons. The van der Waals surface area contributed by atoms with E-state index in [2.05, 4.69) is 16.3 Å². The molecule has 3 rings (SSSR count). The third-order valence-electron chi connectivity index (χ3n) is 5.70. The largest absolute Gasteiger partial charge is 0.488 e. The van der Waals surface area contributed by atoms with Crippen LogP contribution in [0.4, 0.5) is 18.9 Å². The molecule has 2 aromatic carbocycles. The molecule has 5 N–H and O–H groups in total. The van der Waals surface area contributed by atoms with Crippen molar-refractivity contribution in [3.8, 4) is 11.5 Å². The van der Waals surface area contributed by atoms with Crippen LogP contribution in [0.3, 0.4) is 0 Å². The molecule has 0 saturated heterocycles. The number of nitrogens with two attached hydrogens (primary N) is 1. The van der Waals surface area contributed by atoms with E-state index in [1.54, 1.807) is 18.2 Å². The van der Waals surface area contributed by atoms with E-state index >= 15 is 0 Å².